The highest BCUT2D eigenvalue weighted by atomic mass is 35.5. The van der Waals surface area contributed by atoms with Crippen molar-refractivity contribution >= 4 is 23.2 Å². The first-order valence-electron chi connectivity index (χ1n) is 4.26. The molecule has 15 heavy (non-hydrogen) atoms. The zero-order valence-corrected chi connectivity index (χ0v) is 8.44. The zero-order valence-electron chi connectivity index (χ0n) is 7.68. The molecule has 0 radical (unpaired) electrons. The van der Waals surface area contributed by atoms with E-state index in [-0.39, 0.29) is 5.28 Å². The first-order chi connectivity index (χ1) is 7.34. The van der Waals surface area contributed by atoms with Crippen LogP contribution in [0.4, 0.5) is 11.6 Å². The predicted octanol–water partition coefficient (Wildman–Crippen LogP) is 1.96. The second kappa shape index (κ2) is 4.56. The van der Waals surface area contributed by atoms with E-state index in [4.69, 9.17) is 11.6 Å². The van der Waals surface area contributed by atoms with Gasteiger partial charge in [0, 0.05) is 0 Å². The molecule has 0 spiro atoms. The third-order valence-corrected chi connectivity index (χ3v) is 1.82. The summed E-state index contributed by atoms with van der Waals surface area (Å²) in [5.74, 6) is 0.374. The molecule has 0 atom stereocenters. The average Bonchev–Trinajstić information content (AvgIpc) is 2.28. The Balaban J connectivity index is 1.99. The second-order valence-corrected chi connectivity index (χ2v) is 3.03. The fraction of sp³-hybridized carbons (Fsp3) is 0. The molecule has 2 N–H and O–H groups in total. The van der Waals surface area contributed by atoms with Crippen LogP contribution in [0.25, 0.3) is 0 Å². The van der Waals surface area contributed by atoms with Crippen LogP contribution in [-0.2, 0) is 0 Å². The zero-order chi connectivity index (χ0) is 10.5. The summed E-state index contributed by atoms with van der Waals surface area (Å²) in [4.78, 5) is 11.4. The quantitative estimate of drug-likeness (QED) is 0.776. The van der Waals surface area contributed by atoms with Gasteiger partial charge in [-0.2, -0.15) is 9.97 Å². The minimum atomic E-state index is 0.155. The van der Waals surface area contributed by atoms with Crippen LogP contribution in [0.5, 0.6) is 0 Å². The number of nitrogens with one attached hydrogen (secondary N) is 2. The van der Waals surface area contributed by atoms with Crippen LogP contribution in [0.2, 0.25) is 5.28 Å². The average molecular weight is 222 g/mol. The molecule has 0 aliphatic heterocycles. The van der Waals surface area contributed by atoms with Gasteiger partial charge < -0.3 is 0 Å². The molecule has 1 aromatic heterocycles. The van der Waals surface area contributed by atoms with Crippen molar-refractivity contribution in [3.8, 4) is 0 Å². The van der Waals surface area contributed by atoms with Gasteiger partial charge in [-0.3, -0.25) is 10.9 Å². The summed E-state index contributed by atoms with van der Waals surface area (Å²) in [6, 6.07) is 9.60. The summed E-state index contributed by atoms with van der Waals surface area (Å²) in [6.07, 6.45) is 1.34. The van der Waals surface area contributed by atoms with Crippen molar-refractivity contribution in [1.82, 2.24) is 15.0 Å². The lowest BCUT2D eigenvalue weighted by Crippen LogP contribution is -2.11. The molecule has 2 rings (SSSR count). The Morgan fingerprint density at radius 2 is 1.80 bits per heavy atom. The Hall–Kier alpha value is -1.88. The molecule has 1 heterocycles. The molecule has 0 saturated carbocycles. The topological polar surface area (TPSA) is 62.7 Å². The van der Waals surface area contributed by atoms with E-state index in [1.165, 1.54) is 6.33 Å². The minimum Gasteiger partial charge on any atom is -0.298 e. The number of nitrogens with zero attached hydrogens (tertiary/aromatic N) is 3. The van der Waals surface area contributed by atoms with E-state index < -0.39 is 0 Å². The van der Waals surface area contributed by atoms with Gasteiger partial charge in [0.1, 0.15) is 6.33 Å². The molecule has 0 saturated heterocycles. The number of halogens is 1. The van der Waals surface area contributed by atoms with E-state index in [0.717, 1.165) is 5.69 Å². The lowest BCUT2D eigenvalue weighted by Gasteiger charge is -2.06. The van der Waals surface area contributed by atoms with Gasteiger partial charge in [-0.15, -0.1) is 0 Å². The number of hydrogen-bond acceptors (Lipinski definition) is 5. The molecule has 0 unspecified atom stereocenters. The second-order valence-electron chi connectivity index (χ2n) is 2.69. The molecule has 5 nitrogen and oxygen atoms in total. The Morgan fingerprint density at radius 1 is 1.00 bits per heavy atom. The van der Waals surface area contributed by atoms with Gasteiger partial charge in [-0.1, -0.05) is 18.2 Å². The fourth-order valence-corrected chi connectivity index (χ4v) is 1.11. The summed E-state index contributed by atoms with van der Waals surface area (Å²) in [5, 5.41) is 0.155. The third kappa shape index (κ3) is 2.78. The highest BCUT2D eigenvalue weighted by Gasteiger charge is 1.96. The van der Waals surface area contributed by atoms with Crippen molar-refractivity contribution < 1.29 is 0 Å². The van der Waals surface area contributed by atoms with Crippen LogP contribution < -0.4 is 10.9 Å². The standard InChI is InChI=1S/C9H8ClN5/c10-8-11-6-12-9(13-8)15-14-7-4-2-1-3-5-7/h1-6,14H,(H,11,12,13,15). The molecule has 6 heteroatoms. The van der Waals surface area contributed by atoms with Crippen LogP contribution >= 0.6 is 11.6 Å². The SMILES string of the molecule is Clc1ncnc(NNc2ccccc2)n1. The highest BCUT2D eigenvalue weighted by Crippen LogP contribution is 2.06. The lowest BCUT2D eigenvalue weighted by molar-refractivity contribution is 1.04. The maximum atomic E-state index is 5.60. The van der Waals surface area contributed by atoms with Crippen molar-refractivity contribution in [2.45, 2.75) is 0 Å². The Morgan fingerprint density at radius 3 is 2.53 bits per heavy atom. The molecule has 1 aromatic carbocycles. The fourth-order valence-electron chi connectivity index (χ4n) is 0.986. The van der Waals surface area contributed by atoms with Gasteiger partial charge in [0.15, 0.2) is 0 Å². The molecule has 0 aliphatic rings. The van der Waals surface area contributed by atoms with E-state index in [1.807, 2.05) is 30.3 Å². The minimum absolute atomic E-state index is 0.155. The Labute approximate surface area is 91.5 Å². The number of rotatable bonds is 3. The lowest BCUT2D eigenvalue weighted by atomic mass is 10.3. The van der Waals surface area contributed by atoms with Gasteiger partial charge in [-0.25, -0.2) is 4.98 Å². The van der Waals surface area contributed by atoms with Crippen molar-refractivity contribution in [1.29, 1.82) is 0 Å². The number of aromatic nitrogens is 3. The molecule has 2 aromatic rings. The van der Waals surface area contributed by atoms with Gasteiger partial charge in [0.25, 0.3) is 0 Å². The Bertz CT molecular complexity index is 434. The first kappa shape index (κ1) is 9.67. The number of hydrogen-bond donors (Lipinski definition) is 2. The normalized spacial score (nSPS) is 9.67. The molecule has 0 bridgehead atoms. The maximum Gasteiger partial charge on any atom is 0.246 e. The van der Waals surface area contributed by atoms with Gasteiger partial charge >= 0.3 is 0 Å². The van der Waals surface area contributed by atoms with Gasteiger partial charge in [0.2, 0.25) is 11.2 Å². The van der Waals surface area contributed by atoms with Crippen LogP contribution in [0, 0.1) is 0 Å². The summed E-state index contributed by atoms with van der Waals surface area (Å²) < 4.78 is 0. The smallest absolute Gasteiger partial charge is 0.246 e. The molecular weight excluding hydrogens is 214 g/mol. The summed E-state index contributed by atoms with van der Waals surface area (Å²) in [7, 11) is 0. The number of para-hydroxylation sites is 1. The summed E-state index contributed by atoms with van der Waals surface area (Å²) in [5.41, 5.74) is 6.64. The third-order valence-electron chi connectivity index (χ3n) is 1.63. The van der Waals surface area contributed by atoms with Crippen molar-refractivity contribution in [3.63, 3.8) is 0 Å². The summed E-state index contributed by atoms with van der Waals surface area (Å²) in [6.45, 7) is 0. The van der Waals surface area contributed by atoms with Gasteiger partial charge in [-0.05, 0) is 23.7 Å². The molecule has 76 valence electrons. The highest BCUT2D eigenvalue weighted by molar-refractivity contribution is 6.28. The van der Waals surface area contributed by atoms with Gasteiger partial charge in [0.05, 0.1) is 5.69 Å². The van der Waals surface area contributed by atoms with E-state index in [0.29, 0.717) is 5.95 Å². The van der Waals surface area contributed by atoms with Crippen LogP contribution in [-0.4, -0.2) is 15.0 Å². The van der Waals surface area contributed by atoms with Crippen LogP contribution in [0.1, 0.15) is 0 Å². The molecular formula is C9H8ClN5. The van der Waals surface area contributed by atoms with E-state index in [2.05, 4.69) is 25.8 Å². The molecule has 0 amide bonds. The number of hydrazine groups is 1. The van der Waals surface area contributed by atoms with Crippen molar-refractivity contribution in [2.24, 2.45) is 0 Å². The van der Waals surface area contributed by atoms with Crippen molar-refractivity contribution in [3.05, 3.63) is 41.9 Å². The monoisotopic (exact) mass is 221 g/mol. The summed E-state index contributed by atoms with van der Waals surface area (Å²) >= 11 is 5.60. The Kier molecular flexibility index (Phi) is 2.94. The van der Waals surface area contributed by atoms with Crippen LogP contribution in [0.15, 0.2) is 36.7 Å². The van der Waals surface area contributed by atoms with Crippen molar-refractivity contribution in [2.75, 3.05) is 10.9 Å². The predicted molar refractivity (Wildman–Crippen MR) is 58.5 cm³/mol. The first-order valence-corrected chi connectivity index (χ1v) is 4.64. The number of anilines is 2. The van der Waals surface area contributed by atoms with Crippen LogP contribution in [0.3, 0.4) is 0 Å². The molecule has 0 fully saturated rings. The largest absolute Gasteiger partial charge is 0.298 e. The maximum absolute atomic E-state index is 5.60. The molecule has 0 aliphatic carbocycles. The number of benzene rings is 1. The van der Waals surface area contributed by atoms with E-state index in [1.54, 1.807) is 0 Å². The van der Waals surface area contributed by atoms with E-state index in [9.17, 15) is 0 Å². The van der Waals surface area contributed by atoms with E-state index >= 15 is 0 Å².